The van der Waals surface area contributed by atoms with Gasteiger partial charge in [-0.05, 0) is 34.4 Å². The molecule has 2 rings (SSSR count). The molecule has 0 aliphatic rings. The van der Waals surface area contributed by atoms with Gasteiger partial charge in [-0.15, -0.1) is 0 Å². The zero-order chi connectivity index (χ0) is 14.0. The highest BCUT2D eigenvalue weighted by Gasteiger charge is 2.11. The van der Waals surface area contributed by atoms with Crippen molar-refractivity contribution < 1.29 is 4.74 Å². The van der Waals surface area contributed by atoms with Gasteiger partial charge in [0.2, 0.25) is 0 Å². The van der Waals surface area contributed by atoms with Crippen molar-refractivity contribution in [3.8, 4) is 5.75 Å². The summed E-state index contributed by atoms with van der Waals surface area (Å²) in [4.78, 5) is 0. The third-order valence-corrected chi connectivity index (χ3v) is 2.79. The molecule has 19 heavy (non-hydrogen) atoms. The molecule has 0 unspecified atom stereocenters. The number of benzene rings is 2. The fraction of sp³-hybridized carbons (Fsp3) is 0.312. The zero-order valence-corrected chi connectivity index (χ0v) is 11.7. The lowest BCUT2D eigenvalue weighted by atomic mass is 9.98. The molecule has 2 aromatic carbocycles. The van der Waals surface area contributed by atoms with Crippen LogP contribution < -0.4 is 10.5 Å². The molecule has 0 atom stereocenters. The standard InChI is InChI=1S/C16H20N2O/c1-16(2,3)10-19-14-7-6-11-8-13(15(17)18)5-4-12(11)9-14/h4-9H,10H2,1-3H3,(H3,17,18). The van der Waals surface area contributed by atoms with Crippen LogP contribution in [-0.4, -0.2) is 12.4 Å². The first-order chi connectivity index (χ1) is 8.85. The lowest BCUT2D eigenvalue weighted by Gasteiger charge is -2.19. The van der Waals surface area contributed by atoms with E-state index in [4.69, 9.17) is 15.9 Å². The number of hydrogen-bond acceptors (Lipinski definition) is 2. The van der Waals surface area contributed by atoms with E-state index in [1.807, 2.05) is 36.4 Å². The summed E-state index contributed by atoms with van der Waals surface area (Å²) in [6, 6.07) is 11.7. The summed E-state index contributed by atoms with van der Waals surface area (Å²) in [6.07, 6.45) is 0. The van der Waals surface area contributed by atoms with Crippen LogP contribution in [0.2, 0.25) is 0 Å². The van der Waals surface area contributed by atoms with E-state index < -0.39 is 0 Å². The van der Waals surface area contributed by atoms with Crippen molar-refractivity contribution in [2.45, 2.75) is 20.8 Å². The monoisotopic (exact) mass is 256 g/mol. The van der Waals surface area contributed by atoms with Gasteiger partial charge in [-0.2, -0.15) is 0 Å². The molecule has 100 valence electrons. The smallest absolute Gasteiger partial charge is 0.122 e. The topological polar surface area (TPSA) is 59.1 Å². The van der Waals surface area contributed by atoms with Crippen molar-refractivity contribution in [2.75, 3.05) is 6.61 Å². The average Bonchev–Trinajstić information content (AvgIpc) is 2.34. The van der Waals surface area contributed by atoms with Gasteiger partial charge in [0.05, 0.1) is 6.61 Å². The van der Waals surface area contributed by atoms with Crippen LogP contribution >= 0.6 is 0 Å². The number of ether oxygens (including phenoxy) is 1. The van der Waals surface area contributed by atoms with Gasteiger partial charge in [-0.25, -0.2) is 0 Å². The Labute approximate surface area is 113 Å². The number of nitrogens with one attached hydrogen (secondary N) is 1. The molecule has 3 nitrogen and oxygen atoms in total. The molecule has 0 saturated heterocycles. The third-order valence-electron chi connectivity index (χ3n) is 2.79. The minimum absolute atomic E-state index is 0.0926. The van der Waals surface area contributed by atoms with Crippen LogP contribution in [0.1, 0.15) is 26.3 Å². The second-order valence-electron chi connectivity index (χ2n) is 5.99. The molecule has 0 aromatic heterocycles. The van der Waals surface area contributed by atoms with Gasteiger partial charge in [0.1, 0.15) is 11.6 Å². The second kappa shape index (κ2) is 4.92. The van der Waals surface area contributed by atoms with E-state index in [1.54, 1.807) is 0 Å². The highest BCUT2D eigenvalue weighted by atomic mass is 16.5. The maximum Gasteiger partial charge on any atom is 0.122 e. The van der Waals surface area contributed by atoms with E-state index in [9.17, 15) is 0 Å². The number of hydrogen-bond donors (Lipinski definition) is 2. The summed E-state index contributed by atoms with van der Waals surface area (Å²) >= 11 is 0. The van der Waals surface area contributed by atoms with Crippen molar-refractivity contribution in [1.82, 2.24) is 0 Å². The molecule has 0 amide bonds. The Morgan fingerprint density at radius 3 is 2.37 bits per heavy atom. The SMILES string of the molecule is CC(C)(C)COc1ccc2cc(C(=N)N)ccc2c1. The lowest BCUT2D eigenvalue weighted by Crippen LogP contribution is -2.16. The van der Waals surface area contributed by atoms with E-state index >= 15 is 0 Å². The zero-order valence-electron chi connectivity index (χ0n) is 11.7. The first-order valence-corrected chi connectivity index (χ1v) is 6.36. The molecule has 0 aliphatic heterocycles. The maximum atomic E-state index is 7.44. The van der Waals surface area contributed by atoms with Crippen molar-refractivity contribution in [3.63, 3.8) is 0 Å². The van der Waals surface area contributed by atoms with Crippen molar-refractivity contribution in [3.05, 3.63) is 42.0 Å². The van der Waals surface area contributed by atoms with E-state index in [1.165, 1.54) is 0 Å². The van der Waals surface area contributed by atoms with Crippen LogP contribution in [-0.2, 0) is 0 Å². The Kier molecular flexibility index (Phi) is 3.47. The first-order valence-electron chi connectivity index (χ1n) is 6.36. The predicted molar refractivity (Wildman–Crippen MR) is 79.9 cm³/mol. The van der Waals surface area contributed by atoms with E-state index in [0.29, 0.717) is 6.61 Å². The molecule has 0 aliphatic carbocycles. The quantitative estimate of drug-likeness (QED) is 0.651. The highest BCUT2D eigenvalue weighted by molar-refractivity contribution is 5.99. The highest BCUT2D eigenvalue weighted by Crippen LogP contribution is 2.24. The average molecular weight is 256 g/mol. The molecule has 0 bridgehead atoms. The van der Waals surface area contributed by atoms with Gasteiger partial charge in [0.15, 0.2) is 0 Å². The predicted octanol–water partition coefficient (Wildman–Crippen LogP) is 3.55. The summed E-state index contributed by atoms with van der Waals surface area (Å²) in [5.41, 5.74) is 6.38. The normalized spacial score (nSPS) is 11.5. The molecule has 3 N–H and O–H groups in total. The number of fused-ring (bicyclic) bond motifs is 1. The number of amidine groups is 1. The molecule has 0 heterocycles. The van der Waals surface area contributed by atoms with Crippen molar-refractivity contribution >= 4 is 16.6 Å². The Bertz CT molecular complexity index is 612. The van der Waals surface area contributed by atoms with E-state index in [0.717, 1.165) is 22.1 Å². The molecular formula is C16H20N2O. The fourth-order valence-corrected chi connectivity index (χ4v) is 1.78. The van der Waals surface area contributed by atoms with Crippen LogP contribution in [0.3, 0.4) is 0 Å². The van der Waals surface area contributed by atoms with E-state index in [2.05, 4.69) is 20.8 Å². The van der Waals surface area contributed by atoms with Crippen LogP contribution in [0.25, 0.3) is 10.8 Å². The van der Waals surface area contributed by atoms with Crippen LogP contribution in [0.4, 0.5) is 0 Å². The van der Waals surface area contributed by atoms with Gasteiger partial charge in [0, 0.05) is 5.56 Å². The van der Waals surface area contributed by atoms with Crippen LogP contribution in [0.15, 0.2) is 36.4 Å². The molecular weight excluding hydrogens is 236 g/mol. The van der Waals surface area contributed by atoms with Gasteiger partial charge >= 0.3 is 0 Å². The summed E-state index contributed by atoms with van der Waals surface area (Å²) in [7, 11) is 0. The minimum atomic E-state index is 0.0926. The second-order valence-corrected chi connectivity index (χ2v) is 5.99. The van der Waals surface area contributed by atoms with Gasteiger partial charge in [0.25, 0.3) is 0 Å². The number of nitrogen functional groups attached to an aromatic ring is 1. The molecule has 3 heteroatoms. The van der Waals surface area contributed by atoms with E-state index in [-0.39, 0.29) is 11.3 Å². The van der Waals surface area contributed by atoms with Crippen molar-refractivity contribution in [2.24, 2.45) is 11.1 Å². The fourth-order valence-electron chi connectivity index (χ4n) is 1.78. The van der Waals surface area contributed by atoms with Gasteiger partial charge in [-0.3, -0.25) is 5.41 Å². The lowest BCUT2D eigenvalue weighted by molar-refractivity contribution is 0.198. The van der Waals surface area contributed by atoms with Crippen LogP contribution in [0.5, 0.6) is 5.75 Å². The van der Waals surface area contributed by atoms with Crippen LogP contribution in [0, 0.1) is 10.8 Å². The largest absolute Gasteiger partial charge is 0.493 e. The van der Waals surface area contributed by atoms with Gasteiger partial charge < -0.3 is 10.5 Å². The summed E-state index contributed by atoms with van der Waals surface area (Å²) < 4.78 is 5.79. The summed E-state index contributed by atoms with van der Waals surface area (Å²) in [6.45, 7) is 7.12. The number of nitrogens with two attached hydrogens (primary N) is 1. The first kappa shape index (κ1) is 13.4. The van der Waals surface area contributed by atoms with Crippen molar-refractivity contribution in [1.29, 1.82) is 5.41 Å². The molecule has 0 spiro atoms. The Balaban J connectivity index is 2.26. The molecule has 2 aromatic rings. The maximum absolute atomic E-state index is 7.44. The van der Waals surface area contributed by atoms with Gasteiger partial charge in [-0.1, -0.05) is 39.0 Å². The summed E-state index contributed by atoms with van der Waals surface area (Å²) in [5, 5.41) is 9.60. The Morgan fingerprint density at radius 1 is 1.11 bits per heavy atom. The summed E-state index contributed by atoms with van der Waals surface area (Å²) in [5.74, 6) is 0.966. The Morgan fingerprint density at radius 2 is 1.74 bits per heavy atom. The third kappa shape index (κ3) is 3.47. The molecule has 0 fully saturated rings. The molecule has 0 radical (unpaired) electrons. The minimum Gasteiger partial charge on any atom is -0.493 e. The Hall–Kier alpha value is -2.03. The molecule has 0 saturated carbocycles. The number of rotatable bonds is 3.